The molecule has 0 spiro atoms. The van der Waals surface area contributed by atoms with E-state index in [4.69, 9.17) is 9.47 Å². The minimum atomic E-state index is -4.79. The summed E-state index contributed by atoms with van der Waals surface area (Å²) in [4.78, 5) is 15.5. The van der Waals surface area contributed by atoms with Crippen LogP contribution in [0.15, 0.2) is 84.9 Å². The maximum absolute atomic E-state index is 13.2. The van der Waals surface area contributed by atoms with E-state index in [2.05, 4.69) is 15.0 Å². The number of nitrogens with zero attached hydrogens (tertiary/aromatic N) is 1. The number of morpholine rings is 1. The van der Waals surface area contributed by atoms with Crippen LogP contribution in [0.5, 0.6) is 11.5 Å². The number of anilines is 1. The first-order chi connectivity index (χ1) is 18.9. The molecule has 0 unspecified atom stereocenters. The molecule has 0 aromatic heterocycles. The molecule has 1 aliphatic rings. The first kappa shape index (κ1) is 26.5. The van der Waals surface area contributed by atoms with Gasteiger partial charge in [0, 0.05) is 41.7 Å². The summed E-state index contributed by atoms with van der Waals surface area (Å²) < 4.78 is 53.4. The number of nitrogens with one attached hydrogen (secondary N) is 1. The highest BCUT2D eigenvalue weighted by molar-refractivity contribution is 6.10. The molecule has 0 saturated carbocycles. The summed E-state index contributed by atoms with van der Waals surface area (Å²) in [5.74, 6) is 0.0686. The normalized spacial score (nSPS) is 14.2. The van der Waals surface area contributed by atoms with Gasteiger partial charge in [0.15, 0.2) is 0 Å². The van der Waals surface area contributed by atoms with E-state index in [0.717, 1.165) is 49.4 Å². The van der Waals surface area contributed by atoms with Crippen molar-refractivity contribution in [2.45, 2.75) is 6.36 Å². The number of halogens is 3. The summed E-state index contributed by atoms with van der Waals surface area (Å²) in [5, 5.41) is 4.69. The van der Waals surface area contributed by atoms with Gasteiger partial charge in [-0.25, -0.2) is 0 Å². The van der Waals surface area contributed by atoms with Crippen LogP contribution in [0.25, 0.3) is 21.9 Å². The maximum Gasteiger partial charge on any atom is 0.573 e. The van der Waals surface area contributed by atoms with Gasteiger partial charge in [-0.3, -0.25) is 9.69 Å². The number of hydrogen-bond donors (Lipinski definition) is 1. The van der Waals surface area contributed by atoms with Gasteiger partial charge in [-0.1, -0.05) is 48.5 Å². The Bertz CT molecular complexity index is 1450. The van der Waals surface area contributed by atoms with E-state index in [1.54, 1.807) is 30.3 Å². The summed E-state index contributed by atoms with van der Waals surface area (Å²) in [7, 11) is 0. The molecule has 1 N–H and O–H groups in total. The molecule has 0 bridgehead atoms. The second-order valence-corrected chi connectivity index (χ2v) is 9.07. The summed E-state index contributed by atoms with van der Waals surface area (Å²) in [6.07, 6.45) is -4.79. The predicted molar refractivity (Wildman–Crippen MR) is 143 cm³/mol. The molecule has 202 valence electrons. The van der Waals surface area contributed by atoms with Crippen molar-refractivity contribution in [1.29, 1.82) is 0 Å². The third kappa shape index (κ3) is 6.87. The Morgan fingerprint density at radius 2 is 1.59 bits per heavy atom. The fourth-order valence-corrected chi connectivity index (χ4v) is 4.52. The van der Waals surface area contributed by atoms with Crippen molar-refractivity contribution in [2.24, 2.45) is 0 Å². The summed E-state index contributed by atoms with van der Waals surface area (Å²) in [6, 6.07) is 23.7. The Labute approximate surface area is 223 Å². The van der Waals surface area contributed by atoms with E-state index in [0.29, 0.717) is 29.0 Å². The number of ether oxygens (including phenoxy) is 3. The highest BCUT2D eigenvalue weighted by atomic mass is 19.4. The molecule has 1 saturated heterocycles. The fourth-order valence-electron chi connectivity index (χ4n) is 4.52. The minimum Gasteiger partial charge on any atom is -0.492 e. The lowest BCUT2D eigenvalue weighted by Gasteiger charge is -2.26. The molecule has 39 heavy (non-hydrogen) atoms. The van der Waals surface area contributed by atoms with E-state index in [1.807, 2.05) is 36.4 Å². The van der Waals surface area contributed by atoms with Gasteiger partial charge >= 0.3 is 6.36 Å². The standard InChI is InChI=1S/C30H27F3N2O4/c31-30(32,33)39-24-8-4-6-22(20-24)21-5-3-7-23(19-21)29(36)34-27-11-12-28(26-10-2-1-9-25(26)27)38-18-15-35-13-16-37-17-14-35/h1-12,19-20H,13-18H2,(H,34,36). The molecule has 0 aliphatic carbocycles. The molecule has 9 heteroatoms. The number of hydrogen-bond acceptors (Lipinski definition) is 5. The van der Waals surface area contributed by atoms with Crippen molar-refractivity contribution in [1.82, 2.24) is 4.90 Å². The average molecular weight is 537 g/mol. The van der Waals surface area contributed by atoms with Crippen LogP contribution in [0.2, 0.25) is 0 Å². The second-order valence-electron chi connectivity index (χ2n) is 9.07. The maximum atomic E-state index is 13.2. The molecule has 0 radical (unpaired) electrons. The van der Waals surface area contributed by atoms with Gasteiger partial charge in [0.25, 0.3) is 5.91 Å². The first-order valence-corrected chi connectivity index (χ1v) is 12.6. The topological polar surface area (TPSA) is 60.0 Å². The lowest BCUT2D eigenvalue weighted by molar-refractivity contribution is -0.274. The fraction of sp³-hybridized carbons (Fsp3) is 0.233. The summed E-state index contributed by atoms with van der Waals surface area (Å²) >= 11 is 0. The van der Waals surface area contributed by atoms with Crippen LogP contribution in [-0.4, -0.2) is 56.6 Å². The molecule has 1 heterocycles. The summed E-state index contributed by atoms with van der Waals surface area (Å²) in [6.45, 7) is 4.60. The van der Waals surface area contributed by atoms with Crippen molar-refractivity contribution in [3.05, 3.63) is 90.5 Å². The highest BCUT2D eigenvalue weighted by Crippen LogP contribution is 2.33. The first-order valence-electron chi connectivity index (χ1n) is 12.6. The lowest BCUT2D eigenvalue weighted by atomic mass is 10.0. The summed E-state index contributed by atoms with van der Waals surface area (Å²) in [5.41, 5.74) is 2.08. The third-order valence-electron chi connectivity index (χ3n) is 6.43. The predicted octanol–water partition coefficient (Wildman–Crippen LogP) is 6.37. The van der Waals surface area contributed by atoms with Crippen LogP contribution < -0.4 is 14.8 Å². The number of carbonyl (C=O) groups excluding carboxylic acids is 1. The van der Waals surface area contributed by atoms with Gasteiger partial charge in [-0.2, -0.15) is 0 Å². The Hall–Kier alpha value is -4.08. The number of fused-ring (bicyclic) bond motifs is 1. The average Bonchev–Trinajstić information content (AvgIpc) is 2.94. The zero-order valence-electron chi connectivity index (χ0n) is 21.0. The molecular weight excluding hydrogens is 509 g/mol. The van der Waals surface area contributed by atoms with Crippen molar-refractivity contribution < 1.29 is 32.2 Å². The van der Waals surface area contributed by atoms with Crippen molar-refractivity contribution in [3.8, 4) is 22.6 Å². The van der Waals surface area contributed by atoms with Crippen LogP contribution in [0.3, 0.4) is 0 Å². The zero-order chi connectivity index (χ0) is 27.2. The van der Waals surface area contributed by atoms with E-state index in [-0.39, 0.29) is 11.7 Å². The molecule has 5 rings (SSSR count). The molecule has 1 aliphatic heterocycles. The van der Waals surface area contributed by atoms with Crippen LogP contribution in [-0.2, 0) is 4.74 Å². The second kappa shape index (κ2) is 11.8. The molecule has 1 fully saturated rings. The van der Waals surface area contributed by atoms with Crippen LogP contribution in [0, 0.1) is 0 Å². The van der Waals surface area contributed by atoms with Crippen molar-refractivity contribution in [3.63, 3.8) is 0 Å². The number of alkyl halides is 3. The van der Waals surface area contributed by atoms with E-state index < -0.39 is 6.36 Å². The molecule has 4 aromatic carbocycles. The van der Waals surface area contributed by atoms with Crippen molar-refractivity contribution in [2.75, 3.05) is 44.8 Å². The highest BCUT2D eigenvalue weighted by Gasteiger charge is 2.31. The molecule has 0 atom stereocenters. The molecular formula is C30H27F3N2O4. The van der Waals surface area contributed by atoms with Gasteiger partial charge in [-0.15, -0.1) is 13.2 Å². The monoisotopic (exact) mass is 536 g/mol. The van der Waals surface area contributed by atoms with Gasteiger partial charge in [-0.05, 0) is 47.5 Å². The number of amides is 1. The SMILES string of the molecule is O=C(Nc1ccc(OCCN2CCOCC2)c2ccccc12)c1cccc(-c2cccc(OC(F)(F)F)c2)c1. The Kier molecular flexibility index (Phi) is 7.99. The van der Waals surface area contributed by atoms with E-state index in [9.17, 15) is 18.0 Å². The minimum absolute atomic E-state index is 0.325. The number of benzene rings is 4. The molecule has 1 amide bonds. The lowest BCUT2D eigenvalue weighted by Crippen LogP contribution is -2.38. The smallest absolute Gasteiger partial charge is 0.492 e. The molecule has 4 aromatic rings. The number of carbonyl (C=O) groups is 1. The van der Waals surface area contributed by atoms with E-state index >= 15 is 0 Å². The van der Waals surface area contributed by atoms with Gasteiger partial charge in [0.1, 0.15) is 18.1 Å². The Morgan fingerprint density at radius 1 is 0.872 bits per heavy atom. The third-order valence-corrected chi connectivity index (χ3v) is 6.43. The van der Waals surface area contributed by atoms with E-state index in [1.165, 1.54) is 18.2 Å². The van der Waals surface area contributed by atoms with Crippen molar-refractivity contribution >= 4 is 22.4 Å². The number of rotatable bonds is 8. The van der Waals surface area contributed by atoms with Gasteiger partial charge in [0.05, 0.1) is 13.2 Å². The zero-order valence-corrected chi connectivity index (χ0v) is 21.0. The van der Waals surface area contributed by atoms with Gasteiger partial charge in [0.2, 0.25) is 0 Å². The quantitative estimate of drug-likeness (QED) is 0.284. The van der Waals surface area contributed by atoms with Gasteiger partial charge < -0.3 is 19.5 Å². The van der Waals surface area contributed by atoms with Crippen LogP contribution >= 0.6 is 0 Å². The van der Waals surface area contributed by atoms with Crippen LogP contribution in [0.4, 0.5) is 18.9 Å². The Balaban J connectivity index is 1.31. The largest absolute Gasteiger partial charge is 0.573 e. The van der Waals surface area contributed by atoms with Crippen LogP contribution in [0.1, 0.15) is 10.4 Å². The molecule has 6 nitrogen and oxygen atoms in total. The Morgan fingerprint density at radius 3 is 2.36 bits per heavy atom.